The summed E-state index contributed by atoms with van der Waals surface area (Å²) in [5.41, 5.74) is 0.0694. The minimum absolute atomic E-state index is 0.0694. The number of carbonyl (C=O) groups is 6. The van der Waals surface area contributed by atoms with E-state index in [0.717, 1.165) is 0 Å². The number of carbonyl (C=O) groups excluding carboxylic acids is 6. The zero-order valence-electron chi connectivity index (χ0n) is 10.8. The van der Waals surface area contributed by atoms with E-state index in [2.05, 4.69) is 5.92 Å². The van der Waals surface area contributed by atoms with E-state index in [4.69, 9.17) is 6.42 Å². The van der Waals surface area contributed by atoms with Crippen molar-refractivity contribution in [3.05, 3.63) is 0 Å². The monoisotopic (exact) mass is 315 g/mol. The Morgan fingerprint density at radius 3 is 0.895 bits per heavy atom. The summed E-state index contributed by atoms with van der Waals surface area (Å²) in [5, 5.41) is -2.69. The molecule has 0 saturated carbocycles. The first-order chi connectivity index (χ1) is 8.54. The Hall–Kier alpha value is -1.91. The van der Waals surface area contributed by atoms with Crippen molar-refractivity contribution < 1.29 is 39.3 Å². The van der Waals surface area contributed by atoms with Crippen LogP contribution in [0.3, 0.4) is 0 Å². The number of hydrogen-bond donors (Lipinski definition) is 0. The van der Waals surface area contributed by atoms with E-state index in [1.165, 1.54) is 0 Å². The van der Waals surface area contributed by atoms with Gasteiger partial charge in [-0.15, -0.1) is 12.3 Å². The topological polar surface area (TPSA) is 102 Å². The van der Waals surface area contributed by atoms with Crippen LogP contribution in [0.4, 0.5) is 0 Å². The summed E-state index contributed by atoms with van der Waals surface area (Å²) in [6, 6.07) is 0. The second-order valence-corrected chi connectivity index (χ2v) is 11.2. The Balaban J connectivity index is 0. The normalized spacial score (nSPS) is 14.0. The van der Waals surface area contributed by atoms with Crippen LogP contribution in [0.15, 0.2) is 0 Å². The van der Waals surface area contributed by atoms with Gasteiger partial charge in [-0.3, -0.25) is 0 Å². The van der Waals surface area contributed by atoms with Gasteiger partial charge >= 0.3 is 70.6 Å². The van der Waals surface area contributed by atoms with Crippen LogP contribution in [0.5, 0.6) is 0 Å². The molecule has 0 fully saturated rings. The van der Waals surface area contributed by atoms with Crippen molar-refractivity contribution in [1.82, 2.24) is 0 Å². The molecule has 0 amide bonds. The van der Waals surface area contributed by atoms with Crippen molar-refractivity contribution in [2.75, 3.05) is 0 Å². The first kappa shape index (κ1) is 19.4. The molecule has 0 aromatic heterocycles. The van der Waals surface area contributed by atoms with Gasteiger partial charge in [0.15, 0.2) is 0 Å². The summed E-state index contributed by atoms with van der Waals surface area (Å²) in [4.78, 5) is 63.2. The van der Waals surface area contributed by atoms with Gasteiger partial charge in [0.2, 0.25) is 0 Å². The summed E-state index contributed by atoms with van der Waals surface area (Å²) in [6.07, 6.45) is 5.06. The third-order valence-electron chi connectivity index (χ3n) is 1.79. The average molecular weight is 315 g/mol. The molecule has 109 valence electrons. The molecule has 0 unspecified atom stereocenters. The van der Waals surface area contributed by atoms with Gasteiger partial charge in [-0.1, -0.05) is 0 Å². The van der Waals surface area contributed by atoms with Crippen molar-refractivity contribution in [2.45, 2.75) is 20.8 Å². The predicted octanol–water partition coefficient (Wildman–Crippen LogP) is 0.0186. The molecule has 0 N–H and O–H groups in total. The molecule has 0 aliphatic heterocycles. The van der Waals surface area contributed by atoms with Crippen LogP contribution in [-0.4, -0.2) is 31.3 Å². The summed E-state index contributed by atoms with van der Waals surface area (Å²) < 4.78 is 0. The predicted molar refractivity (Wildman–Crippen MR) is 68.8 cm³/mol. The summed E-state index contributed by atoms with van der Waals surface area (Å²) in [6.45, 7) is 6.02. The SMILES string of the molecule is C#CC(C)(C)C.O=[CH][Co]([CH]=O)([CH]=O)([CH]=O)([CH]=O)[CH]=O. The van der Waals surface area contributed by atoms with E-state index in [0.29, 0.717) is 0 Å². The second-order valence-electron chi connectivity index (χ2n) is 4.53. The van der Waals surface area contributed by atoms with E-state index in [9.17, 15) is 28.8 Å². The van der Waals surface area contributed by atoms with Gasteiger partial charge in [0.1, 0.15) is 0 Å². The third-order valence-corrected chi connectivity index (χ3v) is 6.04. The number of hydrogen-bond acceptors (Lipinski definition) is 6. The van der Waals surface area contributed by atoms with E-state index in [-0.39, 0.29) is 5.41 Å². The number of terminal acetylenes is 1. The Labute approximate surface area is 109 Å². The summed E-state index contributed by atoms with van der Waals surface area (Å²) >= 11 is 0. The number of rotatable bonds is 6. The van der Waals surface area contributed by atoms with Crippen molar-refractivity contribution in [1.29, 1.82) is 0 Å². The van der Waals surface area contributed by atoms with Crippen LogP contribution in [-0.2, 0) is 39.3 Å². The molecule has 0 aromatic rings. The van der Waals surface area contributed by atoms with Gasteiger partial charge in [-0.2, -0.15) is 0 Å². The summed E-state index contributed by atoms with van der Waals surface area (Å²) in [5.74, 6) is 2.60. The zero-order chi connectivity index (χ0) is 15.9. The van der Waals surface area contributed by atoms with Gasteiger partial charge in [0.05, 0.1) is 0 Å². The first-order valence-corrected chi connectivity index (χ1v) is 8.21. The van der Waals surface area contributed by atoms with E-state index in [1.54, 1.807) is 0 Å². The quantitative estimate of drug-likeness (QED) is 0.506. The fraction of sp³-hybridized carbons (Fsp3) is 0.333. The molecule has 0 atom stereocenters. The molecule has 6 nitrogen and oxygen atoms in total. The van der Waals surface area contributed by atoms with Crippen LogP contribution in [0, 0.1) is 17.8 Å². The minimum atomic E-state index is -5.95. The van der Waals surface area contributed by atoms with Crippen LogP contribution < -0.4 is 0 Å². The molecule has 0 spiro atoms. The van der Waals surface area contributed by atoms with Crippen LogP contribution in [0.25, 0.3) is 0 Å². The van der Waals surface area contributed by atoms with E-state index < -0.39 is 41.9 Å². The van der Waals surface area contributed by atoms with E-state index in [1.807, 2.05) is 20.8 Å². The molecule has 19 heavy (non-hydrogen) atoms. The van der Waals surface area contributed by atoms with Crippen LogP contribution in [0.1, 0.15) is 20.8 Å². The Bertz CT molecular complexity index is 380. The van der Waals surface area contributed by atoms with Gasteiger partial charge in [-0.25, -0.2) is 0 Å². The third kappa shape index (κ3) is 3.30. The average Bonchev–Trinajstić information content (AvgIpc) is 2.45. The van der Waals surface area contributed by atoms with E-state index >= 15 is 0 Å². The molecule has 0 saturated heterocycles. The molecular formula is C12H16CoO6. The van der Waals surface area contributed by atoms with Crippen molar-refractivity contribution in [2.24, 2.45) is 5.41 Å². The molecule has 0 aromatic carbocycles. The van der Waals surface area contributed by atoms with Crippen molar-refractivity contribution >= 4 is 31.3 Å². The van der Waals surface area contributed by atoms with Gasteiger partial charge in [0, 0.05) is 5.41 Å². The van der Waals surface area contributed by atoms with Crippen molar-refractivity contribution in [3.63, 3.8) is 0 Å². The molecule has 7 heteroatoms. The van der Waals surface area contributed by atoms with Crippen LogP contribution in [0.2, 0.25) is 0 Å². The van der Waals surface area contributed by atoms with Gasteiger partial charge in [-0.05, 0) is 20.8 Å². The fourth-order valence-electron chi connectivity index (χ4n) is 0.278. The Kier molecular flexibility index (Phi) is 5.50. The first-order valence-electron chi connectivity index (χ1n) is 4.61. The standard InChI is InChI=1S/C6H10.6CHO.Co/c1-5-6(2,3)4;6*1-2;/h1H,2-4H3;6*1H;. The molecule has 0 radical (unpaired) electrons. The second kappa shape index (κ2) is 5.38. The summed E-state index contributed by atoms with van der Waals surface area (Å²) in [7, 11) is -5.95. The Morgan fingerprint density at radius 1 is 0.737 bits per heavy atom. The fourth-order valence-corrected chi connectivity index (χ4v) is 1.15. The van der Waals surface area contributed by atoms with Gasteiger partial charge in [0.25, 0.3) is 0 Å². The molecular weight excluding hydrogens is 299 g/mol. The van der Waals surface area contributed by atoms with Gasteiger partial charge < -0.3 is 0 Å². The maximum atomic E-state index is 10.5. The van der Waals surface area contributed by atoms with Crippen molar-refractivity contribution in [3.8, 4) is 12.3 Å². The molecule has 0 heterocycles. The molecule has 0 rings (SSSR count). The molecule has 0 aliphatic carbocycles. The molecule has 0 bridgehead atoms. The van der Waals surface area contributed by atoms with Crippen LogP contribution >= 0.6 is 0 Å². The molecule has 0 aliphatic rings. The Morgan fingerprint density at radius 2 is 0.895 bits per heavy atom. The maximum absolute atomic E-state index is 10.5. The zero-order valence-corrected chi connectivity index (χ0v) is 11.9.